The molecule has 0 aromatic rings. The van der Waals surface area contributed by atoms with Gasteiger partial charge in [-0.15, -0.1) is 0 Å². The highest BCUT2D eigenvalue weighted by Crippen LogP contribution is 2.33. The monoisotopic (exact) mass is 469 g/mol. The van der Waals surface area contributed by atoms with Crippen molar-refractivity contribution in [3.05, 3.63) is 0 Å². The molecule has 0 saturated carbocycles. The van der Waals surface area contributed by atoms with Gasteiger partial charge in [0.15, 0.2) is 0 Å². The fourth-order valence-electron chi connectivity index (χ4n) is 4.90. The molecule has 0 amide bonds. The SMILES string of the molecule is C.CC1CCN(C(C)(C)C)C1.CN1CCC(C(C)(C)C)CC1.CN1CCN(C(C)(C)C)CC1. The van der Waals surface area contributed by atoms with Crippen LogP contribution in [0.1, 0.15) is 95.9 Å². The number of likely N-dealkylation sites (tertiary alicyclic amines) is 2. The summed E-state index contributed by atoms with van der Waals surface area (Å²) in [4.78, 5) is 9.94. The average Bonchev–Trinajstić information content (AvgIpc) is 3.09. The number of piperazine rings is 1. The van der Waals surface area contributed by atoms with Gasteiger partial charge in [-0.25, -0.2) is 0 Å². The Labute approximate surface area is 210 Å². The minimum absolute atomic E-state index is 0. The van der Waals surface area contributed by atoms with Crippen molar-refractivity contribution in [2.45, 2.75) is 107 Å². The molecule has 3 rings (SSSR count). The molecule has 200 valence electrons. The van der Waals surface area contributed by atoms with Crippen molar-refractivity contribution in [1.82, 2.24) is 19.6 Å². The van der Waals surface area contributed by atoms with Gasteiger partial charge in [-0.2, -0.15) is 0 Å². The lowest BCUT2D eigenvalue weighted by Gasteiger charge is -2.41. The van der Waals surface area contributed by atoms with Gasteiger partial charge in [0, 0.05) is 43.8 Å². The molecule has 0 N–H and O–H groups in total. The summed E-state index contributed by atoms with van der Waals surface area (Å²) in [7, 11) is 4.42. The van der Waals surface area contributed by atoms with E-state index in [1.54, 1.807) is 0 Å². The van der Waals surface area contributed by atoms with E-state index in [0.29, 0.717) is 16.5 Å². The van der Waals surface area contributed by atoms with Gasteiger partial charge in [0.1, 0.15) is 0 Å². The normalized spacial score (nSPS) is 24.9. The van der Waals surface area contributed by atoms with Crippen molar-refractivity contribution in [2.24, 2.45) is 17.3 Å². The second-order valence-corrected chi connectivity index (χ2v) is 13.9. The Morgan fingerprint density at radius 3 is 1.27 bits per heavy atom. The van der Waals surface area contributed by atoms with Crippen molar-refractivity contribution < 1.29 is 0 Å². The minimum atomic E-state index is 0. The van der Waals surface area contributed by atoms with Gasteiger partial charge < -0.3 is 9.80 Å². The van der Waals surface area contributed by atoms with E-state index in [2.05, 4.69) is 103 Å². The highest BCUT2D eigenvalue weighted by Gasteiger charge is 2.28. The minimum Gasteiger partial charge on any atom is -0.306 e. The van der Waals surface area contributed by atoms with Crippen molar-refractivity contribution in [2.75, 3.05) is 66.5 Å². The first-order valence-electron chi connectivity index (χ1n) is 13.4. The Bertz CT molecular complexity index is 463. The molecule has 4 heteroatoms. The number of hydrogen-bond donors (Lipinski definition) is 0. The Morgan fingerprint density at radius 2 is 0.970 bits per heavy atom. The van der Waals surface area contributed by atoms with Crippen LogP contribution in [0.15, 0.2) is 0 Å². The summed E-state index contributed by atoms with van der Waals surface area (Å²) in [5.41, 5.74) is 1.28. The second kappa shape index (κ2) is 13.8. The Morgan fingerprint density at radius 1 is 0.545 bits per heavy atom. The van der Waals surface area contributed by atoms with Crippen LogP contribution in [0.5, 0.6) is 0 Å². The summed E-state index contributed by atoms with van der Waals surface area (Å²) < 4.78 is 0. The lowest BCUT2D eigenvalue weighted by molar-refractivity contribution is 0.0735. The maximum atomic E-state index is 2.57. The topological polar surface area (TPSA) is 13.0 Å². The molecule has 4 nitrogen and oxygen atoms in total. The molecule has 3 aliphatic heterocycles. The summed E-state index contributed by atoms with van der Waals surface area (Å²) in [6.07, 6.45) is 4.16. The Kier molecular flexibility index (Phi) is 13.7. The Balaban J connectivity index is 0.000000459. The van der Waals surface area contributed by atoms with Crippen molar-refractivity contribution in [1.29, 1.82) is 0 Å². The number of nitrogens with zero attached hydrogens (tertiary/aromatic N) is 4. The fourth-order valence-corrected chi connectivity index (χ4v) is 4.90. The van der Waals surface area contributed by atoms with Crippen LogP contribution in [0.3, 0.4) is 0 Å². The van der Waals surface area contributed by atoms with Crippen molar-refractivity contribution in [3.8, 4) is 0 Å². The molecule has 3 fully saturated rings. The zero-order chi connectivity index (χ0) is 24.7. The largest absolute Gasteiger partial charge is 0.306 e. The van der Waals surface area contributed by atoms with Crippen LogP contribution in [0.2, 0.25) is 0 Å². The smallest absolute Gasteiger partial charge is 0.0126 e. The number of likely N-dealkylation sites (N-methyl/N-ethyl adjacent to an activating group) is 1. The van der Waals surface area contributed by atoms with E-state index in [9.17, 15) is 0 Å². The molecule has 0 aromatic heterocycles. The molecular weight excluding hydrogens is 404 g/mol. The highest BCUT2D eigenvalue weighted by atomic mass is 15.3. The molecule has 0 bridgehead atoms. The van der Waals surface area contributed by atoms with Crippen LogP contribution < -0.4 is 0 Å². The summed E-state index contributed by atoms with van der Waals surface area (Å²) in [6.45, 7) is 33.3. The molecule has 33 heavy (non-hydrogen) atoms. The number of piperidine rings is 1. The lowest BCUT2D eigenvalue weighted by Crippen LogP contribution is -2.52. The molecule has 1 unspecified atom stereocenters. The maximum absolute atomic E-state index is 2.57. The summed E-state index contributed by atoms with van der Waals surface area (Å²) in [5, 5.41) is 0. The van der Waals surface area contributed by atoms with Gasteiger partial charge in [-0.3, -0.25) is 9.80 Å². The van der Waals surface area contributed by atoms with Gasteiger partial charge in [-0.05, 0) is 112 Å². The van der Waals surface area contributed by atoms with E-state index in [4.69, 9.17) is 0 Å². The molecule has 3 saturated heterocycles. The van der Waals surface area contributed by atoms with Crippen LogP contribution in [-0.4, -0.2) is 97.1 Å². The maximum Gasteiger partial charge on any atom is 0.0126 e. The zero-order valence-corrected chi connectivity index (χ0v) is 24.2. The van der Waals surface area contributed by atoms with E-state index < -0.39 is 0 Å². The third kappa shape index (κ3) is 12.9. The molecule has 3 heterocycles. The predicted molar refractivity (Wildman–Crippen MR) is 150 cm³/mol. The molecule has 1 atom stereocenters. The predicted octanol–water partition coefficient (Wildman–Crippen LogP) is 6.17. The van der Waals surface area contributed by atoms with E-state index in [1.165, 1.54) is 71.6 Å². The summed E-state index contributed by atoms with van der Waals surface area (Å²) >= 11 is 0. The zero-order valence-electron chi connectivity index (χ0n) is 24.2. The molecule has 3 aliphatic rings. The molecule has 0 spiro atoms. The van der Waals surface area contributed by atoms with Crippen LogP contribution in [-0.2, 0) is 0 Å². The van der Waals surface area contributed by atoms with Gasteiger partial charge >= 0.3 is 0 Å². The molecular formula is C29H64N4. The standard InChI is InChI=1S/C10H21N.C9H20N2.C9H19N.CH4/c1-10(2,3)9-5-7-11(4)8-6-9;1-9(2,3)11-7-5-10(4)6-8-11;1-8-5-6-10(7-8)9(2,3)4;/h9H,5-8H2,1-4H3;5-8H2,1-4H3;8H,5-7H2,1-4H3;1H4. The van der Waals surface area contributed by atoms with E-state index >= 15 is 0 Å². The number of rotatable bonds is 0. The summed E-state index contributed by atoms with van der Waals surface area (Å²) in [6, 6.07) is 0. The quantitative estimate of drug-likeness (QED) is 0.421. The summed E-state index contributed by atoms with van der Waals surface area (Å²) in [5.74, 6) is 1.86. The average molecular weight is 469 g/mol. The van der Waals surface area contributed by atoms with Crippen LogP contribution >= 0.6 is 0 Å². The van der Waals surface area contributed by atoms with Gasteiger partial charge in [0.05, 0.1) is 0 Å². The molecule has 0 radical (unpaired) electrons. The third-order valence-corrected chi connectivity index (χ3v) is 7.77. The number of hydrogen-bond acceptors (Lipinski definition) is 4. The molecule has 0 aromatic carbocycles. The lowest BCUT2D eigenvalue weighted by atomic mass is 9.75. The first kappa shape index (κ1) is 32.8. The van der Waals surface area contributed by atoms with E-state index in [1.807, 2.05) is 0 Å². The van der Waals surface area contributed by atoms with Crippen molar-refractivity contribution in [3.63, 3.8) is 0 Å². The van der Waals surface area contributed by atoms with Crippen LogP contribution in [0, 0.1) is 17.3 Å². The van der Waals surface area contributed by atoms with Crippen LogP contribution in [0.4, 0.5) is 0 Å². The fraction of sp³-hybridized carbons (Fsp3) is 1.00. The van der Waals surface area contributed by atoms with Crippen molar-refractivity contribution >= 4 is 0 Å². The molecule has 0 aliphatic carbocycles. The van der Waals surface area contributed by atoms with E-state index in [0.717, 1.165) is 11.8 Å². The first-order valence-corrected chi connectivity index (χ1v) is 13.4. The third-order valence-electron chi connectivity index (χ3n) is 7.77. The first-order chi connectivity index (χ1) is 14.5. The van der Waals surface area contributed by atoms with E-state index in [-0.39, 0.29) is 7.43 Å². The second-order valence-electron chi connectivity index (χ2n) is 13.9. The van der Waals surface area contributed by atoms with Gasteiger partial charge in [0.25, 0.3) is 0 Å². The van der Waals surface area contributed by atoms with Gasteiger partial charge in [0.2, 0.25) is 0 Å². The van der Waals surface area contributed by atoms with Gasteiger partial charge in [-0.1, -0.05) is 35.1 Å². The van der Waals surface area contributed by atoms with Crippen LogP contribution in [0.25, 0.3) is 0 Å². The Hall–Kier alpha value is -0.160. The highest BCUT2D eigenvalue weighted by molar-refractivity contribution is 4.83.